The predicted octanol–water partition coefficient (Wildman–Crippen LogP) is 5.43. The Kier molecular flexibility index (Phi) is 6.12. The zero-order valence-electron chi connectivity index (χ0n) is 15.9. The van der Waals surface area contributed by atoms with Crippen LogP contribution in [0.25, 0.3) is 11.3 Å². The van der Waals surface area contributed by atoms with Crippen molar-refractivity contribution in [3.8, 4) is 11.3 Å². The molecule has 0 bridgehead atoms. The minimum Gasteiger partial charge on any atom is -0.337 e. The standard InChI is InChI=1S/C21H20BrN3O2S2/c1-13-18(14-6-8-16(22)9-7-14)23-21(29-13)24-19(26)15-4-2-10-25(12-15)20(27)17-5-3-11-28-17/h3,5-9,11,15H,2,4,10,12H2,1H3,(H,23,24,26). The number of rotatable bonds is 4. The van der Waals surface area contributed by atoms with Gasteiger partial charge in [0.25, 0.3) is 5.91 Å². The van der Waals surface area contributed by atoms with Gasteiger partial charge in [0.05, 0.1) is 16.5 Å². The average Bonchev–Trinajstić information content (AvgIpc) is 3.38. The number of anilines is 1. The van der Waals surface area contributed by atoms with Crippen LogP contribution in [0.1, 0.15) is 27.4 Å². The van der Waals surface area contributed by atoms with Crippen LogP contribution in [0.4, 0.5) is 5.13 Å². The molecule has 1 atom stereocenters. The smallest absolute Gasteiger partial charge is 0.263 e. The second-order valence-electron chi connectivity index (χ2n) is 6.99. The summed E-state index contributed by atoms with van der Waals surface area (Å²) >= 11 is 6.36. The van der Waals surface area contributed by atoms with Crippen molar-refractivity contribution >= 4 is 55.5 Å². The Labute approximate surface area is 185 Å². The number of piperidine rings is 1. The molecule has 1 fully saturated rings. The van der Waals surface area contributed by atoms with Crippen LogP contribution in [0, 0.1) is 12.8 Å². The summed E-state index contributed by atoms with van der Waals surface area (Å²) in [7, 11) is 0. The van der Waals surface area contributed by atoms with Crippen LogP contribution < -0.4 is 5.32 Å². The van der Waals surface area contributed by atoms with E-state index in [-0.39, 0.29) is 17.7 Å². The van der Waals surface area contributed by atoms with E-state index in [1.54, 1.807) is 4.90 Å². The third-order valence-electron chi connectivity index (χ3n) is 4.96. The first-order valence-electron chi connectivity index (χ1n) is 9.38. The number of aromatic nitrogens is 1. The van der Waals surface area contributed by atoms with Gasteiger partial charge in [-0.05, 0) is 43.3 Å². The first kappa shape index (κ1) is 20.3. The number of nitrogens with zero attached hydrogens (tertiary/aromatic N) is 2. The van der Waals surface area contributed by atoms with Gasteiger partial charge < -0.3 is 10.2 Å². The van der Waals surface area contributed by atoms with E-state index < -0.39 is 0 Å². The number of amides is 2. The number of likely N-dealkylation sites (tertiary alicyclic amines) is 1. The Morgan fingerprint density at radius 3 is 2.76 bits per heavy atom. The molecule has 1 N–H and O–H groups in total. The van der Waals surface area contributed by atoms with Crippen LogP contribution in [0.15, 0.2) is 46.3 Å². The molecule has 0 saturated carbocycles. The number of thiophene rings is 1. The summed E-state index contributed by atoms with van der Waals surface area (Å²) in [5.41, 5.74) is 1.91. The van der Waals surface area contributed by atoms with E-state index in [0.29, 0.717) is 18.2 Å². The van der Waals surface area contributed by atoms with Gasteiger partial charge in [-0.15, -0.1) is 22.7 Å². The van der Waals surface area contributed by atoms with Crippen molar-refractivity contribution in [1.82, 2.24) is 9.88 Å². The average molecular weight is 490 g/mol. The molecule has 2 aromatic heterocycles. The summed E-state index contributed by atoms with van der Waals surface area (Å²) in [5, 5.41) is 5.47. The van der Waals surface area contributed by atoms with E-state index in [1.807, 2.05) is 48.7 Å². The maximum absolute atomic E-state index is 12.8. The van der Waals surface area contributed by atoms with Crippen molar-refractivity contribution in [1.29, 1.82) is 0 Å². The summed E-state index contributed by atoms with van der Waals surface area (Å²) in [6.07, 6.45) is 1.61. The highest BCUT2D eigenvalue weighted by Gasteiger charge is 2.29. The van der Waals surface area contributed by atoms with E-state index in [1.165, 1.54) is 22.7 Å². The molecule has 0 radical (unpaired) electrons. The Balaban J connectivity index is 1.43. The molecule has 1 aromatic carbocycles. The van der Waals surface area contributed by atoms with E-state index in [9.17, 15) is 9.59 Å². The largest absolute Gasteiger partial charge is 0.337 e. The molecule has 150 valence electrons. The topological polar surface area (TPSA) is 62.3 Å². The molecular formula is C21H20BrN3O2S2. The lowest BCUT2D eigenvalue weighted by molar-refractivity contribution is -0.121. The van der Waals surface area contributed by atoms with Crippen molar-refractivity contribution in [2.75, 3.05) is 18.4 Å². The normalized spacial score (nSPS) is 16.6. The van der Waals surface area contributed by atoms with Gasteiger partial charge in [0.15, 0.2) is 5.13 Å². The minimum absolute atomic E-state index is 0.0140. The number of aryl methyl sites for hydroxylation is 1. The summed E-state index contributed by atoms with van der Waals surface area (Å²) in [4.78, 5) is 33.6. The fourth-order valence-electron chi connectivity index (χ4n) is 3.46. The van der Waals surface area contributed by atoms with Crippen molar-refractivity contribution < 1.29 is 9.59 Å². The quantitative estimate of drug-likeness (QED) is 0.530. The van der Waals surface area contributed by atoms with Gasteiger partial charge in [0, 0.05) is 28.0 Å². The highest BCUT2D eigenvalue weighted by molar-refractivity contribution is 9.10. The van der Waals surface area contributed by atoms with Crippen molar-refractivity contribution in [2.45, 2.75) is 19.8 Å². The molecule has 4 rings (SSSR count). The van der Waals surface area contributed by atoms with Gasteiger partial charge >= 0.3 is 0 Å². The summed E-state index contributed by atoms with van der Waals surface area (Å²) in [6.45, 7) is 3.16. The number of benzene rings is 1. The monoisotopic (exact) mass is 489 g/mol. The van der Waals surface area contributed by atoms with Crippen molar-refractivity contribution in [3.05, 3.63) is 56.0 Å². The number of carbonyl (C=O) groups excluding carboxylic acids is 2. The van der Waals surface area contributed by atoms with Crippen LogP contribution in [-0.4, -0.2) is 34.8 Å². The van der Waals surface area contributed by atoms with E-state index in [0.717, 1.165) is 38.3 Å². The molecule has 3 heterocycles. The van der Waals surface area contributed by atoms with Crippen molar-refractivity contribution in [3.63, 3.8) is 0 Å². The van der Waals surface area contributed by atoms with Crippen molar-refractivity contribution in [2.24, 2.45) is 5.92 Å². The Hall–Kier alpha value is -2.03. The maximum atomic E-state index is 12.8. The Bertz CT molecular complexity index is 1020. The lowest BCUT2D eigenvalue weighted by Crippen LogP contribution is -2.43. The number of hydrogen-bond donors (Lipinski definition) is 1. The first-order chi connectivity index (χ1) is 14.0. The third kappa shape index (κ3) is 4.60. The number of nitrogens with one attached hydrogen (secondary N) is 1. The molecule has 29 heavy (non-hydrogen) atoms. The van der Waals surface area contributed by atoms with Gasteiger partial charge in [-0.25, -0.2) is 4.98 Å². The summed E-state index contributed by atoms with van der Waals surface area (Å²) in [6, 6.07) is 11.7. The van der Waals surface area contributed by atoms with Crippen LogP contribution >= 0.6 is 38.6 Å². The van der Waals surface area contributed by atoms with Gasteiger partial charge in [0.1, 0.15) is 0 Å². The van der Waals surface area contributed by atoms with Gasteiger partial charge in [0.2, 0.25) is 5.91 Å². The fraction of sp³-hybridized carbons (Fsp3) is 0.286. The molecule has 1 aliphatic heterocycles. The van der Waals surface area contributed by atoms with E-state index in [4.69, 9.17) is 0 Å². The molecule has 5 nitrogen and oxygen atoms in total. The zero-order valence-corrected chi connectivity index (χ0v) is 19.1. The fourth-order valence-corrected chi connectivity index (χ4v) is 5.26. The molecule has 3 aromatic rings. The van der Waals surface area contributed by atoms with Crippen LogP contribution in [0.5, 0.6) is 0 Å². The second kappa shape index (κ2) is 8.77. The molecular weight excluding hydrogens is 470 g/mol. The number of carbonyl (C=O) groups is 2. The lowest BCUT2D eigenvalue weighted by atomic mass is 9.97. The molecule has 0 aliphatic carbocycles. The van der Waals surface area contributed by atoms with Crippen LogP contribution in [0.2, 0.25) is 0 Å². The van der Waals surface area contributed by atoms with Crippen LogP contribution in [0.3, 0.4) is 0 Å². The maximum Gasteiger partial charge on any atom is 0.263 e. The van der Waals surface area contributed by atoms with Gasteiger partial charge in [-0.3, -0.25) is 9.59 Å². The lowest BCUT2D eigenvalue weighted by Gasteiger charge is -2.31. The highest BCUT2D eigenvalue weighted by atomic mass is 79.9. The third-order valence-corrected chi connectivity index (χ3v) is 7.23. The predicted molar refractivity (Wildman–Crippen MR) is 122 cm³/mol. The van der Waals surface area contributed by atoms with Gasteiger partial charge in [-0.2, -0.15) is 0 Å². The summed E-state index contributed by atoms with van der Waals surface area (Å²) in [5.74, 6) is -0.266. The van der Waals surface area contributed by atoms with E-state index >= 15 is 0 Å². The zero-order chi connectivity index (χ0) is 20.4. The summed E-state index contributed by atoms with van der Waals surface area (Å²) < 4.78 is 1.02. The van der Waals surface area contributed by atoms with E-state index in [2.05, 4.69) is 26.2 Å². The molecule has 0 spiro atoms. The SMILES string of the molecule is Cc1sc(NC(=O)C2CCCN(C(=O)c3cccs3)C2)nc1-c1ccc(Br)cc1. The van der Waals surface area contributed by atoms with Gasteiger partial charge in [-0.1, -0.05) is 34.1 Å². The Morgan fingerprint density at radius 1 is 1.24 bits per heavy atom. The molecule has 1 saturated heterocycles. The second-order valence-corrected chi connectivity index (χ2v) is 10.1. The first-order valence-corrected chi connectivity index (χ1v) is 11.9. The molecule has 2 amide bonds. The molecule has 1 aliphatic rings. The number of thiazole rings is 1. The minimum atomic E-state index is -0.215. The molecule has 1 unspecified atom stereocenters. The number of hydrogen-bond acceptors (Lipinski definition) is 5. The number of halogens is 1. The van der Waals surface area contributed by atoms with Crippen LogP contribution in [-0.2, 0) is 4.79 Å². The highest BCUT2D eigenvalue weighted by Crippen LogP contribution is 2.32. The Morgan fingerprint density at radius 2 is 2.03 bits per heavy atom. The molecule has 8 heteroatoms.